The Morgan fingerprint density at radius 3 is 3.09 bits per heavy atom. The normalized spacial score (nSPS) is 10.7. The van der Waals surface area contributed by atoms with Crippen molar-refractivity contribution < 1.29 is 0 Å². The second-order valence-corrected chi connectivity index (χ2v) is 3.06. The van der Waals surface area contributed by atoms with Gasteiger partial charge >= 0.3 is 0 Å². The molecular formula is C8H8N2S. The van der Waals surface area contributed by atoms with Crippen LogP contribution in [-0.4, -0.2) is 9.78 Å². The summed E-state index contributed by atoms with van der Waals surface area (Å²) in [5.41, 5.74) is 1.02. The van der Waals surface area contributed by atoms with Crippen LogP contribution in [0.2, 0.25) is 0 Å². The van der Waals surface area contributed by atoms with Crippen LogP contribution in [0.15, 0.2) is 29.3 Å². The Labute approximate surface area is 70.2 Å². The van der Waals surface area contributed by atoms with Gasteiger partial charge in [0.25, 0.3) is 0 Å². The molecule has 0 amide bonds. The maximum Gasteiger partial charge on any atom is 0.0923 e. The van der Waals surface area contributed by atoms with Gasteiger partial charge in [0.1, 0.15) is 0 Å². The van der Waals surface area contributed by atoms with E-state index in [0.29, 0.717) is 0 Å². The zero-order valence-corrected chi connectivity index (χ0v) is 7.05. The topological polar surface area (TPSA) is 17.8 Å². The molecule has 11 heavy (non-hydrogen) atoms. The molecule has 2 aromatic rings. The van der Waals surface area contributed by atoms with Gasteiger partial charge in [0.05, 0.1) is 5.52 Å². The third-order valence-electron chi connectivity index (χ3n) is 1.60. The molecule has 0 aliphatic carbocycles. The standard InChI is InChI=1S/C8H8N2S/c1-10-5-6-4-7(11)2-3-8(6)9-10/h2-5,11H,1H3. The smallest absolute Gasteiger partial charge is 0.0923 e. The van der Waals surface area contributed by atoms with E-state index in [1.807, 2.05) is 31.4 Å². The molecule has 0 N–H and O–H groups in total. The molecule has 0 fully saturated rings. The van der Waals surface area contributed by atoms with E-state index in [4.69, 9.17) is 0 Å². The summed E-state index contributed by atoms with van der Waals surface area (Å²) < 4.78 is 1.80. The Hall–Kier alpha value is -0.960. The van der Waals surface area contributed by atoms with Crippen molar-refractivity contribution in [3.63, 3.8) is 0 Å². The van der Waals surface area contributed by atoms with E-state index in [2.05, 4.69) is 17.7 Å². The average Bonchev–Trinajstić information content (AvgIpc) is 2.27. The van der Waals surface area contributed by atoms with Gasteiger partial charge in [-0.05, 0) is 18.2 Å². The van der Waals surface area contributed by atoms with Crippen LogP contribution in [-0.2, 0) is 7.05 Å². The average molecular weight is 164 g/mol. The predicted molar refractivity (Wildman–Crippen MR) is 48.0 cm³/mol. The van der Waals surface area contributed by atoms with Crippen LogP contribution in [0.3, 0.4) is 0 Å². The lowest BCUT2D eigenvalue weighted by Crippen LogP contribution is -1.84. The van der Waals surface area contributed by atoms with Crippen LogP contribution in [0, 0.1) is 0 Å². The van der Waals surface area contributed by atoms with Crippen molar-refractivity contribution in [2.45, 2.75) is 4.90 Å². The highest BCUT2D eigenvalue weighted by Crippen LogP contribution is 2.15. The number of benzene rings is 1. The largest absolute Gasteiger partial charge is 0.275 e. The summed E-state index contributed by atoms with van der Waals surface area (Å²) in [6.07, 6.45) is 1.98. The first-order valence-electron chi connectivity index (χ1n) is 3.38. The number of fused-ring (bicyclic) bond motifs is 1. The quantitative estimate of drug-likeness (QED) is 0.588. The minimum atomic E-state index is 0.977. The lowest BCUT2D eigenvalue weighted by molar-refractivity contribution is 0.780. The summed E-state index contributed by atoms with van der Waals surface area (Å²) in [6.45, 7) is 0. The lowest BCUT2D eigenvalue weighted by Gasteiger charge is -1.87. The fourth-order valence-corrected chi connectivity index (χ4v) is 1.35. The summed E-state index contributed by atoms with van der Waals surface area (Å²) >= 11 is 4.23. The highest BCUT2D eigenvalue weighted by atomic mass is 32.1. The molecular weight excluding hydrogens is 156 g/mol. The Balaban J connectivity index is 2.82. The van der Waals surface area contributed by atoms with Gasteiger partial charge in [-0.2, -0.15) is 5.10 Å². The molecule has 0 atom stereocenters. The number of nitrogens with zero attached hydrogens (tertiary/aromatic N) is 2. The molecule has 2 nitrogen and oxygen atoms in total. The fraction of sp³-hybridized carbons (Fsp3) is 0.125. The van der Waals surface area contributed by atoms with Crippen LogP contribution >= 0.6 is 12.6 Å². The van der Waals surface area contributed by atoms with Crippen LogP contribution in [0.25, 0.3) is 10.9 Å². The van der Waals surface area contributed by atoms with E-state index in [1.54, 1.807) is 4.68 Å². The van der Waals surface area contributed by atoms with E-state index >= 15 is 0 Å². The van der Waals surface area contributed by atoms with Crippen molar-refractivity contribution in [1.29, 1.82) is 0 Å². The van der Waals surface area contributed by atoms with Crippen molar-refractivity contribution in [1.82, 2.24) is 9.78 Å². The first-order valence-corrected chi connectivity index (χ1v) is 3.83. The number of hydrogen-bond donors (Lipinski definition) is 1. The fourth-order valence-electron chi connectivity index (χ4n) is 1.14. The summed E-state index contributed by atoms with van der Waals surface area (Å²) in [5.74, 6) is 0. The third kappa shape index (κ3) is 1.12. The van der Waals surface area contributed by atoms with E-state index < -0.39 is 0 Å². The first kappa shape index (κ1) is 6.73. The second-order valence-electron chi connectivity index (χ2n) is 2.55. The molecule has 56 valence electrons. The van der Waals surface area contributed by atoms with Gasteiger partial charge in [0.2, 0.25) is 0 Å². The van der Waals surface area contributed by atoms with Crippen LogP contribution < -0.4 is 0 Å². The van der Waals surface area contributed by atoms with Crippen molar-refractivity contribution >= 4 is 23.5 Å². The second kappa shape index (κ2) is 2.27. The zero-order valence-electron chi connectivity index (χ0n) is 6.15. The van der Waals surface area contributed by atoms with Gasteiger partial charge in [-0.3, -0.25) is 4.68 Å². The SMILES string of the molecule is Cn1cc2cc(S)ccc2n1. The summed E-state index contributed by atoms with van der Waals surface area (Å²) in [6, 6.07) is 5.92. The van der Waals surface area contributed by atoms with E-state index in [1.165, 1.54) is 0 Å². The molecule has 3 heteroatoms. The lowest BCUT2D eigenvalue weighted by atomic mass is 10.3. The monoisotopic (exact) mass is 164 g/mol. The van der Waals surface area contributed by atoms with Crippen LogP contribution in [0.4, 0.5) is 0 Å². The van der Waals surface area contributed by atoms with Gasteiger partial charge in [0.15, 0.2) is 0 Å². The number of aryl methyl sites for hydroxylation is 1. The number of aromatic nitrogens is 2. The molecule has 1 aromatic heterocycles. The molecule has 0 unspecified atom stereocenters. The van der Waals surface area contributed by atoms with Crippen molar-refractivity contribution in [2.24, 2.45) is 7.05 Å². The number of thiol groups is 1. The molecule has 1 aromatic carbocycles. The number of rotatable bonds is 0. The highest BCUT2D eigenvalue weighted by Gasteiger charge is 1.96. The van der Waals surface area contributed by atoms with Crippen molar-refractivity contribution in [2.75, 3.05) is 0 Å². The predicted octanol–water partition coefficient (Wildman–Crippen LogP) is 1.86. The molecule has 0 bridgehead atoms. The van der Waals surface area contributed by atoms with E-state index in [-0.39, 0.29) is 0 Å². The zero-order chi connectivity index (χ0) is 7.84. The molecule has 0 saturated carbocycles. The number of hydrogen-bond acceptors (Lipinski definition) is 2. The maximum absolute atomic E-state index is 4.24. The summed E-state index contributed by atoms with van der Waals surface area (Å²) in [4.78, 5) is 0.977. The molecule has 1 heterocycles. The van der Waals surface area contributed by atoms with Gasteiger partial charge < -0.3 is 0 Å². The maximum atomic E-state index is 4.24. The van der Waals surface area contributed by atoms with Crippen LogP contribution in [0.5, 0.6) is 0 Å². The Morgan fingerprint density at radius 2 is 2.27 bits per heavy atom. The summed E-state index contributed by atoms with van der Waals surface area (Å²) in [7, 11) is 1.91. The Bertz CT molecular complexity index is 392. The van der Waals surface area contributed by atoms with E-state index in [0.717, 1.165) is 15.8 Å². The third-order valence-corrected chi connectivity index (χ3v) is 1.88. The van der Waals surface area contributed by atoms with Crippen molar-refractivity contribution in [3.8, 4) is 0 Å². The summed E-state index contributed by atoms with van der Waals surface area (Å²) in [5, 5.41) is 5.38. The molecule has 0 aliphatic rings. The molecule has 2 rings (SSSR count). The minimum absolute atomic E-state index is 0.977. The molecule has 0 spiro atoms. The first-order chi connectivity index (χ1) is 5.25. The van der Waals surface area contributed by atoms with Crippen molar-refractivity contribution in [3.05, 3.63) is 24.4 Å². The van der Waals surface area contributed by atoms with Gasteiger partial charge in [0, 0.05) is 23.5 Å². The molecule has 0 aliphatic heterocycles. The van der Waals surface area contributed by atoms with Crippen LogP contribution in [0.1, 0.15) is 0 Å². The molecule has 0 saturated heterocycles. The minimum Gasteiger partial charge on any atom is -0.275 e. The molecule has 0 radical (unpaired) electrons. The highest BCUT2D eigenvalue weighted by molar-refractivity contribution is 7.80. The van der Waals surface area contributed by atoms with Gasteiger partial charge in [-0.1, -0.05) is 0 Å². The van der Waals surface area contributed by atoms with Gasteiger partial charge in [-0.15, -0.1) is 12.6 Å². The van der Waals surface area contributed by atoms with E-state index in [9.17, 15) is 0 Å². The van der Waals surface area contributed by atoms with Gasteiger partial charge in [-0.25, -0.2) is 0 Å². The Kier molecular flexibility index (Phi) is 1.39. The Morgan fingerprint density at radius 1 is 1.45 bits per heavy atom.